The Bertz CT molecular complexity index is 2670. The normalized spacial score (nSPS) is 21.3. The Hall–Kier alpha value is -6.72. The van der Waals surface area contributed by atoms with Crippen LogP contribution < -0.4 is 26.0 Å². The molecule has 2 saturated carbocycles. The molecule has 0 bridgehead atoms. The van der Waals surface area contributed by atoms with Crippen molar-refractivity contribution in [3.8, 4) is 17.0 Å². The quantitative estimate of drug-likeness (QED) is 0.124. The summed E-state index contributed by atoms with van der Waals surface area (Å²) in [5, 5.41) is 11.9. The number of rotatable bonds is 11. The average molecular weight is 924 g/mol. The van der Waals surface area contributed by atoms with Crippen LogP contribution in [0.15, 0.2) is 60.7 Å². The van der Waals surface area contributed by atoms with Crippen molar-refractivity contribution in [2.45, 2.75) is 96.6 Å². The van der Waals surface area contributed by atoms with Crippen LogP contribution in [-0.4, -0.2) is 102 Å². The Morgan fingerprint density at radius 2 is 1.16 bits per heavy atom. The van der Waals surface area contributed by atoms with E-state index in [4.69, 9.17) is 14.2 Å². The van der Waals surface area contributed by atoms with Crippen LogP contribution in [0.5, 0.6) is 5.75 Å². The van der Waals surface area contributed by atoms with Crippen LogP contribution in [0, 0.1) is 34.3 Å². The summed E-state index contributed by atoms with van der Waals surface area (Å²) in [4.78, 5) is 83.6. The van der Waals surface area contributed by atoms with Gasteiger partial charge in [0.2, 0.25) is 29.9 Å². The molecule has 16 nitrogen and oxygen atoms in total. The molecule has 1 unspecified atom stereocenters. The highest BCUT2D eigenvalue weighted by Gasteiger charge is 2.57. The first-order valence-corrected chi connectivity index (χ1v) is 22.7. The number of fused-ring (bicyclic) bond motifs is 5. The Morgan fingerprint density at radius 1 is 0.672 bits per heavy atom. The van der Waals surface area contributed by atoms with Gasteiger partial charge in [-0.1, -0.05) is 27.7 Å². The van der Waals surface area contributed by atoms with Crippen molar-refractivity contribution in [3.05, 3.63) is 77.9 Å². The van der Waals surface area contributed by atoms with Gasteiger partial charge in [-0.25, -0.2) is 18.4 Å². The fourth-order valence-electron chi connectivity index (χ4n) is 10.1. The van der Waals surface area contributed by atoms with Crippen LogP contribution in [0.25, 0.3) is 22.2 Å². The third kappa shape index (κ3) is 8.73. The van der Waals surface area contributed by atoms with Crippen molar-refractivity contribution in [3.63, 3.8) is 0 Å². The number of ether oxygens (including phenoxy) is 3. The summed E-state index contributed by atoms with van der Waals surface area (Å²) in [6.45, 7) is 8.04. The molecule has 9 rings (SSSR count). The lowest BCUT2D eigenvalue weighted by Gasteiger charge is -2.31. The molecule has 354 valence electrons. The second-order valence-corrected chi connectivity index (χ2v) is 19.6. The number of nitrogens with zero attached hydrogens (tertiary/aromatic N) is 3. The summed E-state index contributed by atoms with van der Waals surface area (Å²) < 4.78 is 47.7. The summed E-state index contributed by atoms with van der Waals surface area (Å²) in [7, 11) is 2.45. The van der Waals surface area contributed by atoms with Crippen LogP contribution in [0.3, 0.4) is 0 Å². The van der Waals surface area contributed by atoms with Crippen molar-refractivity contribution in [1.82, 2.24) is 25.0 Å². The Kier molecular flexibility index (Phi) is 11.6. The SMILES string of the molecule is COC(=O)N[C@H](C(=O)N1CC2(CC2)C[C@H]1C(=O)Nc1ccc2c(c1)OC(c1cc(F)cc(F)c1)n1c-2cc2cc(NC(=O)[C@@H]3CC4(CC4)CN3C(=O)[C@@H](NC(=O)OC)C(C)C)ccc21)C(C)C. The monoisotopic (exact) mass is 923 g/mol. The summed E-state index contributed by atoms with van der Waals surface area (Å²) in [6, 6.07) is 12.1. The largest absolute Gasteiger partial charge is 0.465 e. The lowest BCUT2D eigenvalue weighted by molar-refractivity contribution is -0.139. The van der Waals surface area contributed by atoms with E-state index in [1.165, 1.54) is 26.4 Å². The van der Waals surface area contributed by atoms with Crippen LogP contribution >= 0.6 is 0 Å². The summed E-state index contributed by atoms with van der Waals surface area (Å²) in [6.07, 6.45) is 1.96. The fourth-order valence-corrected chi connectivity index (χ4v) is 10.1. The minimum Gasteiger partial charge on any atom is -0.465 e. The van der Waals surface area contributed by atoms with Gasteiger partial charge in [-0.05, 0) is 110 Å². The first-order chi connectivity index (χ1) is 31.9. The van der Waals surface area contributed by atoms with E-state index < -0.39 is 60.1 Å². The van der Waals surface area contributed by atoms with E-state index in [0.717, 1.165) is 31.7 Å². The van der Waals surface area contributed by atoms with Gasteiger partial charge in [0.15, 0.2) is 0 Å². The van der Waals surface area contributed by atoms with Gasteiger partial charge in [-0.3, -0.25) is 19.2 Å². The van der Waals surface area contributed by atoms with Crippen molar-refractivity contribution >= 4 is 58.1 Å². The molecule has 6 amide bonds. The molecule has 18 heteroatoms. The molecule has 2 aliphatic carbocycles. The highest BCUT2D eigenvalue weighted by molar-refractivity contribution is 6.02. The number of methoxy groups -OCH3 is 2. The van der Waals surface area contributed by atoms with E-state index in [1.807, 2.05) is 24.5 Å². The lowest BCUT2D eigenvalue weighted by Crippen LogP contribution is -2.54. The second kappa shape index (κ2) is 17.2. The van der Waals surface area contributed by atoms with Gasteiger partial charge in [0.25, 0.3) is 0 Å². The molecule has 2 spiro atoms. The number of nitrogens with one attached hydrogen (secondary N) is 4. The standard InChI is InChI=1S/C49H55F2N7O9/c1-25(2)39(54-46(63)65-5)43(61)56-23-48(11-12-48)21-36(56)41(59)52-31-8-10-34-27(17-31)18-35-33-9-7-32(20-38(33)67-45(58(34)35)28-15-29(50)19-30(51)16-28)53-42(60)37-22-49(13-14-49)24-57(37)44(62)40(26(3)4)55-47(64)66-6/h7-10,15-20,25-26,36-37,39-40,45H,11-14,21-24H2,1-6H3,(H,52,59)(H,53,60)(H,54,63)(H,55,64)/t36-,37-,39-,40-,45?/m0/s1. The van der Waals surface area contributed by atoms with Crippen molar-refractivity contribution < 1.29 is 51.8 Å². The number of aromatic nitrogens is 1. The number of anilines is 2. The predicted molar refractivity (Wildman–Crippen MR) is 242 cm³/mol. The summed E-state index contributed by atoms with van der Waals surface area (Å²) in [5.74, 6) is -3.32. The summed E-state index contributed by atoms with van der Waals surface area (Å²) in [5.41, 5.74) is 2.59. The highest BCUT2D eigenvalue weighted by atomic mass is 19.1. The van der Waals surface area contributed by atoms with E-state index in [0.29, 0.717) is 65.2 Å². The zero-order chi connectivity index (χ0) is 47.7. The highest BCUT2D eigenvalue weighted by Crippen LogP contribution is 2.56. The zero-order valence-corrected chi connectivity index (χ0v) is 38.2. The van der Waals surface area contributed by atoms with Crippen molar-refractivity contribution in [2.75, 3.05) is 37.9 Å². The Balaban J connectivity index is 0.999. The van der Waals surface area contributed by atoms with Crippen LogP contribution in [-0.2, 0) is 28.7 Å². The minimum atomic E-state index is -1.06. The zero-order valence-electron chi connectivity index (χ0n) is 38.2. The third-order valence-corrected chi connectivity index (χ3v) is 14.2. The van der Waals surface area contributed by atoms with Crippen LogP contribution in [0.4, 0.5) is 29.7 Å². The maximum absolute atomic E-state index is 14.9. The molecule has 5 aliphatic rings. The van der Waals surface area contributed by atoms with E-state index in [2.05, 4.69) is 21.3 Å². The van der Waals surface area contributed by atoms with Crippen molar-refractivity contribution in [2.24, 2.45) is 22.7 Å². The predicted octanol–water partition coefficient (Wildman–Crippen LogP) is 6.93. The molecular formula is C49H55F2N7O9. The molecule has 4 heterocycles. The van der Waals surface area contributed by atoms with Gasteiger partial charge >= 0.3 is 12.2 Å². The first kappa shape index (κ1) is 45.4. The molecule has 3 aromatic carbocycles. The number of carbonyl (C=O) groups is 6. The van der Waals surface area contributed by atoms with Gasteiger partial charge in [-0.15, -0.1) is 0 Å². The number of alkyl carbamates (subject to hydrolysis) is 2. The Labute approximate surface area is 386 Å². The number of halogens is 2. The van der Waals surface area contributed by atoms with E-state index in [-0.39, 0.29) is 46.0 Å². The number of amides is 6. The molecule has 0 radical (unpaired) electrons. The smallest absolute Gasteiger partial charge is 0.407 e. The topological polar surface area (TPSA) is 190 Å². The molecule has 2 saturated heterocycles. The molecule has 4 fully saturated rings. The maximum Gasteiger partial charge on any atom is 0.407 e. The lowest BCUT2D eigenvalue weighted by atomic mass is 10.0. The number of hydrogen-bond acceptors (Lipinski definition) is 9. The van der Waals surface area contributed by atoms with Crippen LogP contribution in [0.2, 0.25) is 0 Å². The third-order valence-electron chi connectivity index (χ3n) is 14.2. The summed E-state index contributed by atoms with van der Waals surface area (Å²) >= 11 is 0. The molecule has 4 N–H and O–H groups in total. The molecular weight excluding hydrogens is 869 g/mol. The van der Waals surface area contributed by atoms with Gasteiger partial charge in [0.1, 0.15) is 41.6 Å². The maximum atomic E-state index is 14.9. The van der Waals surface area contributed by atoms with E-state index in [9.17, 15) is 37.5 Å². The number of carbonyl (C=O) groups excluding carboxylic acids is 6. The van der Waals surface area contributed by atoms with Gasteiger partial charge in [-0.2, -0.15) is 0 Å². The minimum absolute atomic E-state index is 0.145. The molecule has 67 heavy (non-hydrogen) atoms. The average Bonchev–Trinajstić information content (AvgIpc) is 4.08. The fraction of sp³-hybridized carbons (Fsp3) is 0.469. The number of benzene rings is 3. The van der Waals surface area contributed by atoms with Crippen LogP contribution in [0.1, 0.15) is 78.0 Å². The molecule has 1 aromatic heterocycles. The van der Waals surface area contributed by atoms with E-state index in [1.54, 1.807) is 60.0 Å². The molecule has 4 aromatic rings. The van der Waals surface area contributed by atoms with Gasteiger partial charge in [0.05, 0.1) is 25.4 Å². The molecule has 5 atom stereocenters. The van der Waals surface area contributed by atoms with E-state index >= 15 is 0 Å². The number of likely N-dealkylation sites (tertiary alicyclic amines) is 2. The number of hydrogen-bond donors (Lipinski definition) is 4. The second-order valence-electron chi connectivity index (χ2n) is 19.6. The van der Waals surface area contributed by atoms with Crippen molar-refractivity contribution in [1.29, 1.82) is 0 Å². The van der Waals surface area contributed by atoms with Gasteiger partial charge in [0, 0.05) is 53.1 Å². The first-order valence-electron chi connectivity index (χ1n) is 22.7. The Morgan fingerprint density at radius 3 is 1.64 bits per heavy atom. The molecule has 3 aliphatic heterocycles. The van der Waals surface area contributed by atoms with Gasteiger partial charge < -0.3 is 49.8 Å².